The van der Waals surface area contributed by atoms with Crippen molar-refractivity contribution in [2.75, 3.05) is 5.32 Å². The van der Waals surface area contributed by atoms with E-state index in [1.54, 1.807) is 0 Å². The summed E-state index contributed by atoms with van der Waals surface area (Å²) in [6.45, 7) is 5.29. The Balaban J connectivity index is 1.63. The number of anilines is 1. The first-order valence-corrected chi connectivity index (χ1v) is 9.24. The second-order valence-electron chi connectivity index (χ2n) is 6.32. The van der Waals surface area contributed by atoms with Crippen LogP contribution in [0.2, 0.25) is 10.0 Å². The Morgan fingerprint density at radius 1 is 0.885 bits per heavy atom. The molecule has 0 unspecified atom stereocenters. The summed E-state index contributed by atoms with van der Waals surface area (Å²) in [5, 5.41) is 4.74. The Morgan fingerprint density at radius 3 is 2.42 bits per heavy atom. The molecule has 0 amide bonds. The van der Waals surface area contributed by atoms with Gasteiger partial charge in [0.1, 0.15) is 12.4 Å². The molecule has 3 aromatic carbocycles. The predicted octanol–water partition coefficient (Wildman–Crippen LogP) is 6.80. The van der Waals surface area contributed by atoms with Crippen molar-refractivity contribution < 1.29 is 4.74 Å². The summed E-state index contributed by atoms with van der Waals surface area (Å²) in [7, 11) is 0. The second-order valence-corrected chi connectivity index (χ2v) is 7.13. The molecule has 0 aliphatic rings. The third-order valence-corrected chi connectivity index (χ3v) is 4.87. The molecule has 3 rings (SSSR count). The third kappa shape index (κ3) is 4.72. The van der Waals surface area contributed by atoms with E-state index < -0.39 is 0 Å². The number of hydrogen-bond donors (Lipinski definition) is 1. The third-order valence-electron chi connectivity index (χ3n) is 4.20. The zero-order valence-corrected chi connectivity index (χ0v) is 16.4. The van der Waals surface area contributed by atoms with E-state index in [0.29, 0.717) is 28.9 Å². The molecule has 0 aliphatic carbocycles. The molecule has 0 fully saturated rings. The van der Waals surface area contributed by atoms with Gasteiger partial charge in [-0.1, -0.05) is 65.2 Å². The Kier molecular flexibility index (Phi) is 6.08. The van der Waals surface area contributed by atoms with E-state index in [4.69, 9.17) is 27.9 Å². The summed E-state index contributed by atoms with van der Waals surface area (Å²) in [6, 6.07) is 19.9. The monoisotopic (exact) mass is 385 g/mol. The minimum absolute atomic E-state index is 0.388. The standard InChI is InChI=1S/C22H21Cl2NO/c1-15-7-9-21(16(2)11-15)25-13-17-8-10-22(20(24)12-17)26-14-18-5-3-4-6-19(18)23/h3-12,25H,13-14H2,1-2H3. The topological polar surface area (TPSA) is 21.3 Å². The molecule has 3 aromatic rings. The molecule has 4 heteroatoms. The number of hydrogen-bond acceptors (Lipinski definition) is 2. The summed E-state index contributed by atoms with van der Waals surface area (Å²) >= 11 is 12.5. The Labute approximate surface area is 164 Å². The van der Waals surface area contributed by atoms with Crippen LogP contribution < -0.4 is 10.1 Å². The molecule has 0 atom stereocenters. The Morgan fingerprint density at radius 2 is 1.69 bits per heavy atom. The van der Waals surface area contributed by atoms with E-state index in [9.17, 15) is 0 Å². The highest BCUT2D eigenvalue weighted by Crippen LogP contribution is 2.28. The molecule has 0 saturated heterocycles. The van der Waals surface area contributed by atoms with Crippen molar-refractivity contribution in [3.8, 4) is 5.75 Å². The summed E-state index contributed by atoms with van der Waals surface area (Å²) in [5.41, 5.74) is 5.66. The van der Waals surface area contributed by atoms with Crippen molar-refractivity contribution in [3.05, 3.63) is 93.0 Å². The van der Waals surface area contributed by atoms with E-state index in [1.165, 1.54) is 11.1 Å². The quantitative estimate of drug-likeness (QED) is 0.503. The first-order valence-electron chi connectivity index (χ1n) is 8.48. The van der Waals surface area contributed by atoms with Crippen molar-refractivity contribution in [1.29, 1.82) is 0 Å². The van der Waals surface area contributed by atoms with Crippen LogP contribution in [0.3, 0.4) is 0 Å². The minimum Gasteiger partial charge on any atom is -0.487 e. The van der Waals surface area contributed by atoms with Gasteiger partial charge in [-0.25, -0.2) is 0 Å². The molecule has 0 bridgehead atoms. The van der Waals surface area contributed by atoms with E-state index in [1.807, 2.05) is 42.5 Å². The van der Waals surface area contributed by atoms with Crippen molar-refractivity contribution in [1.82, 2.24) is 0 Å². The fourth-order valence-electron chi connectivity index (χ4n) is 2.75. The van der Waals surface area contributed by atoms with Gasteiger partial charge in [0, 0.05) is 22.8 Å². The average Bonchev–Trinajstić information content (AvgIpc) is 2.61. The van der Waals surface area contributed by atoms with Gasteiger partial charge >= 0.3 is 0 Å². The van der Waals surface area contributed by atoms with Gasteiger partial charge < -0.3 is 10.1 Å². The zero-order chi connectivity index (χ0) is 18.5. The van der Waals surface area contributed by atoms with Gasteiger partial charge in [-0.3, -0.25) is 0 Å². The SMILES string of the molecule is Cc1ccc(NCc2ccc(OCc3ccccc3Cl)c(Cl)c2)c(C)c1. The van der Waals surface area contributed by atoms with Gasteiger partial charge in [-0.2, -0.15) is 0 Å². The molecule has 0 radical (unpaired) electrons. The van der Waals surface area contributed by atoms with Crippen molar-refractivity contribution in [2.45, 2.75) is 27.0 Å². The smallest absolute Gasteiger partial charge is 0.138 e. The van der Waals surface area contributed by atoms with Crippen LogP contribution in [-0.2, 0) is 13.2 Å². The van der Waals surface area contributed by atoms with Crippen LogP contribution >= 0.6 is 23.2 Å². The van der Waals surface area contributed by atoms with Crippen LogP contribution in [0.25, 0.3) is 0 Å². The molecular weight excluding hydrogens is 365 g/mol. The first kappa shape index (κ1) is 18.6. The van der Waals surface area contributed by atoms with Crippen LogP contribution in [0, 0.1) is 13.8 Å². The molecular formula is C22H21Cl2NO. The Bertz CT molecular complexity index is 908. The van der Waals surface area contributed by atoms with Gasteiger partial charge in [0.2, 0.25) is 0 Å². The fourth-order valence-corrected chi connectivity index (χ4v) is 3.20. The van der Waals surface area contributed by atoms with Crippen molar-refractivity contribution >= 4 is 28.9 Å². The zero-order valence-electron chi connectivity index (χ0n) is 14.9. The number of rotatable bonds is 6. The van der Waals surface area contributed by atoms with E-state index >= 15 is 0 Å². The molecule has 0 spiro atoms. The molecule has 2 nitrogen and oxygen atoms in total. The highest BCUT2D eigenvalue weighted by atomic mass is 35.5. The van der Waals surface area contributed by atoms with E-state index in [0.717, 1.165) is 16.8 Å². The minimum atomic E-state index is 0.388. The van der Waals surface area contributed by atoms with Gasteiger partial charge in [0.25, 0.3) is 0 Å². The summed E-state index contributed by atoms with van der Waals surface area (Å²) < 4.78 is 5.82. The maximum atomic E-state index is 6.38. The van der Waals surface area contributed by atoms with Crippen molar-refractivity contribution in [2.24, 2.45) is 0 Å². The largest absolute Gasteiger partial charge is 0.487 e. The number of nitrogens with one attached hydrogen (secondary N) is 1. The van der Waals surface area contributed by atoms with Crippen LogP contribution in [0.15, 0.2) is 60.7 Å². The average molecular weight is 386 g/mol. The summed E-state index contributed by atoms with van der Waals surface area (Å²) in [4.78, 5) is 0. The lowest BCUT2D eigenvalue weighted by Gasteiger charge is -2.13. The number of benzene rings is 3. The van der Waals surface area contributed by atoms with Crippen LogP contribution in [0.1, 0.15) is 22.3 Å². The van der Waals surface area contributed by atoms with Crippen LogP contribution in [0.5, 0.6) is 5.75 Å². The lowest BCUT2D eigenvalue weighted by Crippen LogP contribution is -2.02. The van der Waals surface area contributed by atoms with Gasteiger partial charge in [0.05, 0.1) is 5.02 Å². The van der Waals surface area contributed by atoms with Gasteiger partial charge in [0.15, 0.2) is 0 Å². The normalized spacial score (nSPS) is 10.6. The molecule has 26 heavy (non-hydrogen) atoms. The first-order chi connectivity index (χ1) is 12.5. The molecule has 0 saturated carbocycles. The molecule has 1 N–H and O–H groups in total. The number of halogens is 2. The molecule has 0 aromatic heterocycles. The highest BCUT2D eigenvalue weighted by Gasteiger charge is 2.06. The van der Waals surface area contributed by atoms with Gasteiger partial charge in [-0.05, 0) is 49.2 Å². The summed E-state index contributed by atoms with van der Waals surface area (Å²) in [5.74, 6) is 0.654. The van der Waals surface area contributed by atoms with Crippen LogP contribution in [0.4, 0.5) is 5.69 Å². The molecule has 0 heterocycles. The molecule has 134 valence electrons. The number of ether oxygens (including phenoxy) is 1. The lowest BCUT2D eigenvalue weighted by molar-refractivity contribution is 0.306. The second kappa shape index (κ2) is 8.48. The fraction of sp³-hybridized carbons (Fsp3) is 0.182. The van der Waals surface area contributed by atoms with Crippen molar-refractivity contribution in [3.63, 3.8) is 0 Å². The predicted molar refractivity (Wildman–Crippen MR) is 110 cm³/mol. The Hall–Kier alpha value is -2.16. The van der Waals surface area contributed by atoms with Gasteiger partial charge in [-0.15, -0.1) is 0 Å². The maximum absolute atomic E-state index is 6.38. The van der Waals surface area contributed by atoms with E-state index in [-0.39, 0.29) is 0 Å². The lowest BCUT2D eigenvalue weighted by atomic mass is 10.1. The number of aryl methyl sites for hydroxylation is 2. The molecule has 0 aliphatic heterocycles. The highest BCUT2D eigenvalue weighted by molar-refractivity contribution is 6.32. The van der Waals surface area contributed by atoms with E-state index in [2.05, 4.69) is 37.4 Å². The van der Waals surface area contributed by atoms with Crippen LogP contribution in [-0.4, -0.2) is 0 Å². The maximum Gasteiger partial charge on any atom is 0.138 e. The summed E-state index contributed by atoms with van der Waals surface area (Å²) in [6.07, 6.45) is 0.